The summed E-state index contributed by atoms with van der Waals surface area (Å²) < 4.78 is 32.0. The lowest BCUT2D eigenvalue weighted by Gasteiger charge is -2.08. The maximum absolute atomic E-state index is 13.6. The molecule has 1 aromatic heterocycles. The molecule has 0 unspecified atom stereocenters. The summed E-state index contributed by atoms with van der Waals surface area (Å²) in [5.74, 6) is -1.88. The van der Waals surface area contributed by atoms with E-state index in [1.165, 1.54) is 0 Å². The number of hydrogen-bond donors (Lipinski definition) is 1. The first-order valence-corrected chi connectivity index (χ1v) is 6.20. The quantitative estimate of drug-likeness (QED) is 0.871. The third kappa shape index (κ3) is 2.81. The molecule has 0 bridgehead atoms. The van der Waals surface area contributed by atoms with E-state index in [4.69, 9.17) is 10.5 Å². The standard InChI is InChI=1S/C13H14F2N4O/c1-3-10-11(4-2)18-19-13(17-10)20-12-6-7(14)9(16)5-8(12)15/h5-6H,3-4,16H2,1-2H3. The second-order valence-corrected chi connectivity index (χ2v) is 4.10. The molecular weight excluding hydrogens is 266 g/mol. The number of benzene rings is 1. The first-order valence-electron chi connectivity index (χ1n) is 6.20. The van der Waals surface area contributed by atoms with Crippen molar-refractivity contribution in [1.82, 2.24) is 15.2 Å². The van der Waals surface area contributed by atoms with E-state index in [0.29, 0.717) is 18.5 Å². The number of halogens is 2. The average Bonchev–Trinajstić information content (AvgIpc) is 2.44. The Morgan fingerprint density at radius 1 is 1.05 bits per heavy atom. The van der Waals surface area contributed by atoms with E-state index in [9.17, 15) is 8.78 Å². The van der Waals surface area contributed by atoms with Crippen molar-refractivity contribution < 1.29 is 13.5 Å². The van der Waals surface area contributed by atoms with Crippen molar-refractivity contribution in [2.75, 3.05) is 5.73 Å². The summed E-state index contributed by atoms with van der Waals surface area (Å²) in [6.45, 7) is 3.84. The molecule has 0 fully saturated rings. The van der Waals surface area contributed by atoms with Crippen LogP contribution in [0.1, 0.15) is 25.2 Å². The van der Waals surface area contributed by atoms with Gasteiger partial charge in [0.1, 0.15) is 5.82 Å². The van der Waals surface area contributed by atoms with Crippen LogP contribution in [0.15, 0.2) is 12.1 Å². The largest absolute Gasteiger partial charge is 0.420 e. The number of aromatic nitrogens is 3. The van der Waals surface area contributed by atoms with Gasteiger partial charge in [-0.15, -0.1) is 5.10 Å². The molecule has 0 aliphatic heterocycles. The Hall–Kier alpha value is -2.31. The minimum atomic E-state index is -0.787. The van der Waals surface area contributed by atoms with Gasteiger partial charge in [-0.3, -0.25) is 0 Å². The molecule has 1 aromatic carbocycles. The average molecular weight is 280 g/mol. The summed E-state index contributed by atoms with van der Waals surface area (Å²) >= 11 is 0. The van der Waals surface area contributed by atoms with Gasteiger partial charge in [-0.2, -0.15) is 4.98 Å². The molecule has 0 atom stereocenters. The summed E-state index contributed by atoms with van der Waals surface area (Å²) in [7, 11) is 0. The van der Waals surface area contributed by atoms with Crippen LogP contribution in [-0.4, -0.2) is 15.2 Å². The lowest BCUT2D eigenvalue weighted by molar-refractivity contribution is 0.397. The van der Waals surface area contributed by atoms with E-state index >= 15 is 0 Å². The number of rotatable bonds is 4. The fraction of sp³-hybridized carbons (Fsp3) is 0.308. The van der Waals surface area contributed by atoms with Gasteiger partial charge in [-0.1, -0.05) is 18.9 Å². The highest BCUT2D eigenvalue weighted by Gasteiger charge is 2.13. The first-order chi connectivity index (χ1) is 9.55. The lowest BCUT2D eigenvalue weighted by atomic mass is 10.2. The molecule has 2 aromatic rings. The minimum Gasteiger partial charge on any atom is -0.420 e. The highest BCUT2D eigenvalue weighted by Crippen LogP contribution is 2.26. The van der Waals surface area contributed by atoms with Crippen LogP contribution in [0.5, 0.6) is 11.8 Å². The monoisotopic (exact) mass is 280 g/mol. The molecule has 7 heteroatoms. The van der Waals surface area contributed by atoms with Crippen LogP contribution in [0.4, 0.5) is 14.5 Å². The molecule has 5 nitrogen and oxygen atoms in total. The molecule has 106 valence electrons. The lowest BCUT2D eigenvalue weighted by Crippen LogP contribution is -2.05. The van der Waals surface area contributed by atoms with Crippen molar-refractivity contribution in [1.29, 1.82) is 0 Å². The third-order valence-electron chi connectivity index (χ3n) is 2.74. The van der Waals surface area contributed by atoms with Crippen molar-refractivity contribution in [3.63, 3.8) is 0 Å². The van der Waals surface area contributed by atoms with Crippen molar-refractivity contribution in [3.05, 3.63) is 35.2 Å². The Bertz CT molecular complexity index is 634. The smallest absolute Gasteiger partial charge is 0.341 e. The molecule has 2 N–H and O–H groups in total. The number of nitrogens with zero attached hydrogens (tertiary/aromatic N) is 3. The molecule has 0 saturated heterocycles. The number of hydrogen-bond acceptors (Lipinski definition) is 5. The zero-order valence-electron chi connectivity index (χ0n) is 11.2. The Labute approximate surface area is 114 Å². The van der Waals surface area contributed by atoms with Crippen LogP contribution in [0, 0.1) is 11.6 Å². The fourth-order valence-corrected chi connectivity index (χ4v) is 1.68. The highest BCUT2D eigenvalue weighted by molar-refractivity contribution is 5.45. The van der Waals surface area contributed by atoms with Gasteiger partial charge >= 0.3 is 6.01 Å². The van der Waals surface area contributed by atoms with Gasteiger partial charge in [0, 0.05) is 12.1 Å². The molecule has 0 spiro atoms. The van der Waals surface area contributed by atoms with Crippen molar-refractivity contribution in [3.8, 4) is 11.8 Å². The van der Waals surface area contributed by atoms with E-state index in [-0.39, 0.29) is 17.4 Å². The Balaban J connectivity index is 2.33. The van der Waals surface area contributed by atoms with Crippen LogP contribution in [0.25, 0.3) is 0 Å². The van der Waals surface area contributed by atoms with E-state index in [1.807, 2.05) is 13.8 Å². The first kappa shape index (κ1) is 14.1. The third-order valence-corrected chi connectivity index (χ3v) is 2.74. The van der Waals surface area contributed by atoms with Gasteiger partial charge in [0.05, 0.1) is 17.1 Å². The van der Waals surface area contributed by atoms with Crippen molar-refractivity contribution in [2.45, 2.75) is 26.7 Å². The van der Waals surface area contributed by atoms with E-state index in [2.05, 4.69) is 15.2 Å². The fourth-order valence-electron chi connectivity index (χ4n) is 1.68. The summed E-state index contributed by atoms with van der Waals surface area (Å²) in [6, 6.07) is 1.58. The zero-order chi connectivity index (χ0) is 14.7. The normalized spacial score (nSPS) is 10.6. The second kappa shape index (κ2) is 5.77. The Kier molecular flexibility index (Phi) is 4.07. The van der Waals surface area contributed by atoms with Crippen molar-refractivity contribution >= 4 is 5.69 Å². The number of nitrogens with two attached hydrogens (primary N) is 1. The second-order valence-electron chi connectivity index (χ2n) is 4.10. The maximum atomic E-state index is 13.6. The molecule has 0 amide bonds. The van der Waals surface area contributed by atoms with Gasteiger partial charge in [0.2, 0.25) is 0 Å². The van der Waals surface area contributed by atoms with Gasteiger partial charge in [0.15, 0.2) is 11.6 Å². The van der Waals surface area contributed by atoms with Gasteiger partial charge in [-0.05, 0) is 12.8 Å². The number of aryl methyl sites for hydroxylation is 2. The molecule has 0 radical (unpaired) electrons. The SMILES string of the molecule is CCc1nnc(Oc2cc(F)c(N)cc2F)nc1CC. The molecule has 0 aliphatic rings. The summed E-state index contributed by atoms with van der Waals surface area (Å²) in [5, 5.41) is 7.70. The van der Waals surface area contributed by atoms with Gasteiger partial charge in [0.25, 0.3) is 0 Å². The van der Waals surface area contributed by atoms with Crippen LogP contribution in [0.2, 0.25) is 0 Å². The summed E-state index contributed by atoms with van der Waals surface area (Å²) in [5.41, 5.74) is 6.43. The highest BCUT2D eigenvalue weighted by atomic mass is 19.1. The Morgan fingerprint density at radius 3 is 2.40 bits per heavy atom. The van der Waals surface area contributed by atoms with Crippen LogP contribution in [-0.2, 0) is 12.8 Å². The van der Waals surface area contributed by atoms with Gasteiger partial charge < -0.3 is 10.5 Å². The Morgan fingerprint density at radius 2 is 1.75 bits per heavy atom. The maximum Gasteiger partial charge on any atom is 0.341 e. The molecule has 20 heavy (non-hydrogen) atoms. The van der Waals surface area contributed by atoms with Crippen LogP contribution < -0.4 is 10.5 Å². The molecular formula is C13H14F2N4O. The van der Waals surface area contributed by atoms with Crippen molar-refractivity contribution in [2.24, 2.45) is 0 Å². The number of ether oxygens (including phenoxy) is 1. The summed E-state index contributed by atoms with van der Waals surface area (Å²) in [4.78, 5) is 4.13. The zero-order valence-corrected chi connectivity index (χ0v) is 11.2. The number of anilines is 1. The predicted molar refractivity (Wildman–Crippen MR) is 69.4 cm³/mol. The molecule has 1 heterocycles. The summed E-state index contributed by atoms with van der Waals surface area (Å²) in [6.07, 6.45) is 1.34. The van der Waals surface area contributed by atoms with E-state index in [1.54, 1.807) is 0 Å². The van der Waals surface area contributed by atoms with E-state index < -0.39 is 11.6 Å². The molecule has 0 aliphatic carbocycles. The minimum absolute atomic E-state index is 0.123. The molecule has 0 saturated carbocycles. The topological polar surface area (TPSA) is 73.9 Å². The van der Waals surface area contributed by atoms with E-state index in [0.717, 1.165) is 17.8 Å². The molecule has 2 rings (SSSR count). The van der Waals surface area contributed by atoms with Crippen LogP contribution >= 0.6 is 0 Å². The number of nitrogen functional groups attached to an aromatic ring is 1. The predicted octanol–water partition coefficient (Wildman–Crippen LogP) is 2.65. The van der Waals surface area contributed by atoms with Gasteiger partial charge in [-0.25, -0.2) is 8.78 Å². The van der Waals surface area contributed by atoms with Crippen LogP contribution in [0.3, 0.4) is 0 Å².